The SMILES string of the molecule is N[C@@H](C[SeH])C(=O)N[C@@H](C[SeH])C(=O)O. The van der Waals surface area contributed by atoms with Gasteiger partial charge in [-0.3, -0.25) is 0 Å². The maximum absolute atomic E-state index is 11.1. The van der Waals surface area contributed by atoms with Crippen molar-refractivity contribution in [2.45, 2.75) is 22.7 Å². The van der Waals surface area contributed by atoms with E-state index in [4.69, 9.17) is 10.8 Å². The quantitative estimate of drug-likeness (QED) is 0.490. The molecule has 0 aromatic carbocycles. The van der Waals surface area contributed by atoms with Crippen LogP contribution in [0.5, 0.6) is 0 Å². The summed E-state index contributed by atoms with van der Waals surface area (Å²) in [6.45, 7) is 0. The molecule has 1 amide bonds. The van der Waals surface area contributed by atoms with E-state index in [9.17, 15) is 9.59 Å². The molecule has 0 spiro atoms. The van der Waals surface area contributed by atoms with Crippen molar-refractivity contribution < 1.29 is 14.7 Å². The number of carbonyl (C=O) groups is 2. The first kappa shape index (κ1) is 12.9. The summed E-state index contributed by atoms with van der Waals surface area (Å²) in [4.78, 5) is 21.6. The molecule has 4 N–H and O–H groups in total. The number of carbonyl (C=O) groups excluding carboxylic acids is 1. The van der Waals surface area contributed by atoms with Crippen molar-refractivity contribution >= 4 is 43.9 Å². The molecule has 7 heteroatoms. The third-order valence-corrected chi connectivity index (χ3v) is 2.92. The Morgan fingerprint density at radius 3 is 2.23 bits per heavy atom. The third-order valence-electron chi connectivity index (χ3n) is 1.33. The monoisotopic (exact) mass is 320 g/mol. The molecule has 0 radical (unpaired) electrons. The first-order valence-electron chi connectivity index (χ1n) is 3.53. The summed E-state index contributed by atoms with van der Waals surface area (Å²) in [5.41, 5.74) is 5.39. The molecule has 0 saturated heterocycles. The molecule has 13 heavy (non-hydrogen) atoms. The number of hydrogen-bond donors (Lipinski definition) is 3. The second-order valence-electron chi connectivity index (χ2n) is 2.37. The van der Waals surface area contributed by atoms with Crippen LogP contribution in [0.4, 0.5) is 0 Å². The van der Waals surface area contributed by atoms with Crippen LogP contribution in [0.3, 0.4) is 0 Å². The van der Waals surface area contributed by atoms with E-state index in [1.165, 1.54) is 0 Å². The van der Waals surface area contributed by atoms with Crippen molar-refractivity contribution in [1.82, 2.24) is 5.32 Å². The van der Waals surface area contributed by atoms with Crippen molar-refractivity contribution in [2.24, 2.45) is 5.73 Å². The molecule has 0 rings (SSSR count). The molecular formula is C6H12N2O3Se2. The summed E-state index contributed by atoms with van der Waals surface area (Å²) in [6, 6.07) is -1.52. The second kappa shape index (κ2) is 6.40. The van der Waals surface area contributed by atoms with Gasteiger partial charge in [0.15, 0.2) is 0 Å². The van der Waals surface area contributed by atoms with E-state index in [1.54, 1.807) is 0 Å². The van der Waals surface area contributed by atoms with E-state index in [0.717, 1.165) is 0 Å². The van der Waals surface area contributed by atoms with Crippen LogP contribution in [0.25, 0.3) is 0 Å². The Kier molecular flexibility index (Phi) is 6.37. The molecule has 0 heterocycles. The predicted octanol–water partition coefficient (Wildman–Crippen LogP) is -2.48. The van der Waals surface area contributed by atoms with Crippen LogP contribution < -0.4 is 11.1 Å². The fourth-order valence-corrected chi connectivity index (χ4v) is 1.41. The summed E-state index contributed by atoms with van der Waals surface area (Å²) in [7, 11) is 0. The van der Waals surface area contributed by atoms with Gasteiger partial charge < -0.3 is 0 Å². The van der Waals surface area contributed by atoms with Crippen LogP contribution in [0.15, 0.2) is 0 Å². The average Bonchev–Trinajstić information content (AvgIpc) is 2.11. The Labute approximate surface area is 92.4 Å². The van der Waals surface area contributed by atoms with Gasteiger partial charge in [0, 0.05) is 0 Å². The van der Waals surface area contributed by atoms with Crippen LogP contribution in [0, 0.1) is 0 Å². The first-order valence-corrected chi connectivity index (χ1v) is 6.18. The number of carboxylic acids is 1. The summed E-state index contributed by atoms with van der Waals surface area (Å²) < 4.78 is 0. The van der Waals surface area contributed by atoms with E-state index in [1.807, 2.05) is 0 Å². The molecule has 2 atom stereocenters. The summed E-state index contributed by atoms with van der Waals surface area (Å²) in [6.07, 6.45) is 0. The van der Waals surface area contributed by atoms with Crippen LogP contribution in [0.1, 0.15) is 0 Å². The number of amides is 1. The van der Waals surface area contributed by atoms with Gasteiger partial charge in [-0.15, -0.1) is 0 Å². The molecule has 0 aromatic rings. The van der Waals surface area contributed by atoms with Gasteiger partial charge in [-0.05, 0) is 0 Å². The van der Waals surface area contributed by atoms with Gasteiger partial charge in [0.2, 0.25) is 0 Å². The molecule has 0 aliphatic rings. The van der Waals surface area contributed by atoms with Crippen LogP contribution in [-0.4, -0.2) is 61.1 Å². The van der Waals surface area contributed by atoms with E-state index in [-0.39, 0.29) is 0 Å². The molecule has 0 unspecified atom stereocenters. The van der Waals surface area contributed by atoms with Gasteiger partial charge in [0.05, 0.1) is 0 Å². The Morgan fingerprint density at radius 2 is 1.92 bits per heavy atom. The zero-order valence-electron chi connectivity index (χ0n) is 6.80. The molecule has 0 aliphatic heterocycles. The van der Waals surface area contributed by atoms with Crippen molar-refractivity contribution in [3.8, 4) is 0 Å². The predicted molar refractivity (Wildman–Crippen MR) is 51.5 cm³/mol. The fourth-order valence-electron chi connectivity index (χ4n) is 0.547. The number of rotatable bonds is 5. The van der Waals surface area contributed by atoms with Crippen molar-refractivity contribution in [2.75, 3.05) is 0 Å². The maximum atomic E-state index is 11.1. The minimum atomic E-state index is -1.05. The molecular weight excluding hydrogens is 306 g/mol. The molecule has 0 aromatic heterocycles. The summed E-state index contributed by atoms with van der Waals surface area (Å²) in [5, 5.41) is 11.7. The molecule has 0 fully saturated rings. The molecule has 5 nitrogen and oxygen atoms in total. The van der Waals surface area contributed by atoms with E-state index >= 15 is 0 Å². The van der Waals surface area contributed by atoms with Gasteiger partial charge in [-0.1, -0.05) is 0 Å². The summed E-state index contributed by atoms with van der Waals surface area (Å²) in [5.74, 6) is -1.48. The van der Waals surface area contributed by atoms with Gasteiger partial charge in [-0.25, -0.2) is 0 Å². The standard InChI is InChI=1S/C6H12N2O3Se2/c7-3(1-12)5(9)8-4(2-13)6(10)11/h3-4,12-13H,1-2,7H2,(H,8,9)(H,10,11)/t3-,4-/m0/s1. The first-order chi connectivity index (χ1) is 6.02. The van der Waals surface area contributed by atoms with E-state index < -0.39 is 24.0 Å². The van der Waals surface area contributed by atoms with Crippen LogP contribution in [-0.2, 0) is 9.59 Å². The Bertz CT molecular complexity index is 200. The van der Waals surface area contributed by atoms with E-state index in [0.29, 0.717) is 10.6 Å². The Morgan fingerprint density at radius 1 is 1.38 bits per heavy atom. The molecule has 76 valence electrons. The number of nitrogens with two attached hydrogens (primary N) is 1. The minimum absolute atomic E-state index is 0.291. The van der Waals surface area contributed by atoms with Crippen molar-refractivity contribution in [1.29, 1.82) is 0 Å². The van der Waals surface area contributed by atoms with Gasteiger partial charge >= 0.3 is 92.4 Å². The van der Waals surface area contributed by atoms with Crippen LogP contribution >= 0.6 is 0 Å². The van der Waals surface area contributed by atoms with Gasteiger partial charge in [-0.2, -0.15) is 0 Å². The normalized spacial score (nSPS) is 14.7. The average molecular weight is 318 g/mol. The van der Waals surface area contributed by atoms with E-state index in [2.05, 4.69) is 37.3 Å². The second-order valence-corrected chi connectivity index (χ2v) is 3.90. The Balaban J connectivity index is 4.09. The zero-order valence-corrected chi connectivity index (χ0v) is 10.6. The van der Waals surface area contributed by atoms with Crippen molar-refractivity contribution in [3.63, 3.8) is 0 Å². The topological polar surface area (TPSA) is 92.4 Å². The fraction of sp³-hybridized carbons (Fsp3) is 0.667. The van der Waals surface area contributed by atoms with Gasteiger partial charge in [0.25, 0.3) is 0 Å². The number of aliphatic carboxylic acids is 1. The van der Waals surface area contributed by atoms with Crippen LogP contribution in [0.2, 0.25) is 10.6 Å². The third kappa shape index (κ3) is 4.64. The summed E-state index contributed by atoms with van der Waals surface area (Å²) >= 11 is 4.30. The molecule has 0 bridgehead atoms. The number of nitrogens with one attached hydrogen (secondary N) is 1. The molecule has 0 aliphatic carbocycles. The molecule has 0 saturated carbocycles. The number of hydrogen-bond acceptors (Lipinski definition) is 3. The van der Waals surface area contributed by atoms with Crippen molar-refractivity contribution in [3.05, 3.63) is 0 Å². The zero-order chi connectivity index (χ0) is 10.4. The number of carboxylic acid groups (broad SMARTS) is 1. The van der Waals surface area contributed by atoms with Gasteiger partial charge in [0.1, 0.15) is 0 Å². The Hall–Kier alpha value is -0.0610.